The summed E-state index contributed by atoms with van der Waals surface area (Å²) in [5.74, 6) is -1.95. The van der Waals surface area contributed by atoms with Crippen molar-refractivity contribution in [2.45, 2.75) is 142 Å². The van der Waals surface area contributed by atoms with Gasteiger partial charge >= 0.3 is 5.97 Å². The van der Waals surface area contributed by atoms with E-state index in [9.17, 15) is 29.1 Å². The number of methoxy groups -OCH3 is 1. The fraction of sp³-hybridized carbons (Fsp3) is 0.564. The lowest BCUT2D eigenvalue weighted by molar-refractivity contribution is -0.155. The molecule has 5 heterocycles. The summed E-state index contributed by atoms with van der Waals surface area (Å²) in [6.07, 6.45) is 7.30. The molecule has 4 amide bonds. The van der Waals surface area contributed by atoms with Crippen molar-refractivity contribution in [2.24, 2.45) is 17.3 Å². The molecule has 4 aliphatic rings. The number of nitrogens with one attached hydrogen (secondary N) is 2. The van der Waals surface area contributed by atoms with E-state index in [1.54, 1.807) is 51.5 Å². The number of amides is 4. The van der Waals surface area contributed by atoms with Gasteiger partial charge in [0.25, 0.3) is 5.91 Å². The van der Waals surface area contributed by atoms with Gasteiger partial charge in [-0.1, -0.05) is 51.8 Å². The molecule has 6 bridgehead atoms. The standard InChI is InChI=1S/C55H74N8O8S/c1-12-61-44-18-17-35-26-39(44)40(48(61)41-28-56-20-19-36(41)30-70-11)27-55(7,8)31-71-53(69)42-14-13-21-62(58-42)51(67)43(24-33-22-37(35)25-38(64)23-33)57-50(66)46(32(2)3)60(10)45(65)29-59(9)52(68)49-47(34-15-16-34)63(49)72-54(4,5)6/h17-20,22-23,25-26,28,32,34,42-43,46-47,49,58,64H,12-16,21,24,27,29-31H2,1-11H3,(H,57,66)/t42-,43-,46?,47+,49+,63?/m0/s1. The van der Waals surface area contributed by atoms with Crippen LogP contribution in [0.4, 0.5) is 0 Å². The Kier molecular flexibility index (Phi) is 15.5. The van der Waals surface area contributed by atoms with Crippen LogP contribution in [0.5, 0.6) is 5.75 Å². The van der Waals surface area contributed by atoms with Gasteiger partial charge in [0.2, 0.25) is 17.7 Å². The highest BCUT2D eigenvalue weighted by Gasteiger charge is 2.61. The lowest BCUT2D eigenvalue weighted by Gasteiger charge is -2.37. The molecule has 388 valence electrons. The maximum absolute atomic E-state index is 14.8. The number of phenolic OH excluding ortho intramolecular Hbond substituents is 1. The van der Waals surface area contributed by atoms with Crippen LogP contribution in [0.15, 0.2) is 54.9 Å². The largest absolute Gasteiger partial charge is 0.508 e. The minimum atomic E-state index is -1.18. The van der Waals surface area contributed by atoms with Gasteiger partial charge in [0, 0.05) is 85.8 Å². The maximum Gasteiger partial charge on any atom is 0.324 e. The number of pyridine rings is 1. The third kappa shape index (κ3) is 11.5. The van der Waals surface area contributed by atoms with Crippen molar-refractivity contribution in [1.82, 2.24) is 39.4 Å². The number of phenols is 1. The van der Waals surface area contributed by atoms with Crippen LogP contribution in [-0.2, 0) is 59.4 Å². The Morgan fingerprint density at radius 2 is 1.81 bits per heavy atom. The minimum absolute atomic E-state index is 0.0139. The van der Waals surface area contributed by atoms with E-state index >= 15 is 0 Å². The van der Waals surface area contributed by atoms with Crippen LogP contribution >= 0.6 is 11.9 Å². The number of aryl methyl sites for hydroxylation is 1. The van der Waals surface area contributed by atoms with E-state index in [0.29, 0.717) is 49.5 Å². The predicted octanol–water partition coefficient (Wildman–Crippen LogP) is 6.74. The van der Waals surface area contributed by atoms with Crippen molar-refractivity contribution in [1.29, 1.82) is 0 Å². The highest BCUT2D eigenvalue weighted by atomic mass is 32.2. The smallest absolute Gasteiger partial charge is 0.324 e. The summed E-state index contributed by atoms with van der Waals surface area (Å²) in [7, 11) is 4.87. The Morgan fingerprint density at radius 3 is 2.49 bits per heavy atom. The van der Waals surface area contributed by atoms with Gasteiger partial charge in [-0.05, 0) is 130 Å². The lowest BCUT2D eigenvalue weighted by atomic mass is 9.84. The number of hydrogen-bond donors (Lipinski definition) is 3. The molecule has 6 atom stereocenters. The second-order valence-corrected chi connectivity index (χ2v) is 24.2. The quantitative estimate of drug-likeness (QED) is 0.0731. The molecule has 0 spiro atoms. The van der Waals surface area contributed by atoms with Gasteiger partial charge in [-0.25, -0.2) is 9.73 Å². The van der Waals surface area contributed by atoms with E-state index in [-0.39, 0.29) is 60.5 Å². The highest BCUT2D eigenvalue weighted by Crippen LogP contribution is 2.53. The molecule has 4 aromatic rings. The summed E-state index contributed by atoms with van der Waals surface area (Å²) < 4.78 is 16.2. The Labute approximate surface area is 428 Å². The van der Waals surface area contributed by atoms with Crippen LogP contribution in [0.1, 0.15) is 97.8 Å². The highest BCUT2D eigenvalue weighted by molar-refractivity contribution is 7.98. The first-order chi connectivity index (χ1) is 34.1. The third-order valence-corrected chi connectivity index (χ3v) is 15.5. The molecule has 3 fully saturated rings. The third-order valence-electron chi connectivity index (χ3n) is 14.3. The number of fused-ring (bicyclic) bond motifs is 6. The maximum atomic E-state index is 14.8. The number of cyclic esters (lactones) is 1. The molecule has 1 saturated carbocycles. The molecule has 16 nitrogen and oxygen atoms in total. The number of hydrogen-bond acceptors (Lipinski definition) is 12. The van der Waals surface area contributed by atoms with E-state index in [2.05, 4.69) is 78.3 Å². The molecule has 2 aromatic heterocycles. The number of carbonyl (C=O) groups excluding carboxylic acids is 5. The summed E-state index contributed by atoms with van der Waals surface area (Å²) in [5.41, 5.74) is 9.73. The number of likely N-dealkylation sites (N-methyl/N-ethyl adjacent to an activating group) is 2. The van der Waals surface area contributed by atoms with Gasteiger partial charge in [-0.15, -0.1) is 0 Å². The van der Waals surface area contributed by atoms with E-state index in [1.165, 1.54) is 14.8 Å². The zero-order valence-electron chi connectivity index (χ0n) is 43.9. The number of aromatic hydroxyl groups is 1. The number of benzene rings is 2. The molecule has 3 N–H and O–H groups in total. The first-order valence-electron chi connectivity index (χ1n) is 25.5. The number of aromatic nitrogens is 2. The predicted molar refractivity (Wildman–Crippen MR) is 279 cm³/mol. The molecule has 2 saturated heterocycles. The second-order valence-electron chi connectivity index (χ2n) is 22.4. The van der Waals surface area contributed by atoms with Crippen LogP contribution in [0, 0.1) is 17.3 Å². The van der Waals surface area contributed by atoms with Gasteiger partial charge in [0.05, 0.1) is 25.5 Å². The van der Waals surface area contributed by atoms with E-state index in [0.717, 1.165) is 51.7 Å². The topological polar surface area (TPSA) is 179 Å². The molecule has 1 aliphatic carbocycles. The summed E-state index contributed by atoms with van der Waals surface area (Å²) in [6, 6.07) is 10.3. The Morgan fingerprint density at radius 1 is 1.06 bits per heavy atom. The summed E-state index contributed by atoms with van der Waals surface area (Å²) in [6.45, 7) is 17.5. The van der Waals surface area contributed by atoms with Crippen LogP contribution in [0.25, 0.3) is 33.3 Å². The monoisotopic (exact) mass is 1010 g/mol. The summed E-state index contributed by atoms with van der Waals surface area (Å²) in [4.78, 5) is 78.8. The molecule has 3 aliphatic heterocycles. The SMILES string of the molecule is CCn1c(-c2cnccc2COC)c2c3cc(ccc31)-c1cc(O)cc(c1)C[C@H](NC(=O)C(C(C)C)N(C)C(=O)CN(C)C(=O)[C@H]1[C@@H](C3CC3)N1SC(C)(C)C)C(=O)N1CCC[C@H](N1)C(=O)OCC(C)(C)C2. The van der Waals surface area contributed by atoms with Crippen LogP contribution in [0.2, 0.25) is 0 Å². The van der Waals surface area contributed by atoms with Crippen molar-refractivity contribution < 1.29 is 38.6 Å². The number of carbonyl (C=O) groups is 5. The van der Waals surface area contributed by atoms with Crippen LogP contribution in [0.3, 0.4) is 0 Å². The van der Waals surface area contributed by atoms with Crippen LogP contribution < -0.4 is 10.7 Å². The number of nitrogens with zero attached hydrogens (tertiary/aromatic N) is 6. The molecule has 0 radical (unpaired) electrons. The number of rotatable bonds is 13. The molecule has 2 aromatic carbocycles. The Balaban J connectivity index is 1.12. The fourth-order valence-corrected chi connectivity index (χ4v) is 12.0. The summed E-state index contributed by atoms with van der Waals surface area (Å²) >= 11 is 1.68. The van der Waals surface area contributed by atoms with Gasteiger partial charge in [0.1, 0.15) is 29.9 Å². The van der Waals surface area contributed by atoms with Crippen molar-refractivity contribution >= 4 is 52.4 Å². The molecule has 2 unspecified atom stereocenters. The first-order valence-corrected chi connectivity index (χ1v) is 26.3. The molecule has 8 rings (SSSR count). The van der Waals surface area contributed by atoms with Gasteiger partial charge in [-0.3, -0.25) is 34.0 Å². The van der Waals surface area contributed by atoms with Gasteiger partial charge in [-0.2, -0.15) is 0 Å². The van der Waals surface area contributed by atoms with Gasteiger partial charge in [0.15, 0.2) is 0 Å². The molecule has 17 heteroatoms. The average molecular weight is 1010 g/mol. The molecule has 72 heavy (non-hydrogen) atoms. The lowest BCUT2D eigenvalue weighted by Crippen LogP contribution is -2.62. The number of esters is 1. The van der Waals surface area contributed by atoms with Crippen molar-refractivity contribution in [3.05, 3.63) is 71.5 Å². The van der Waals surface area contributed by atoms with Crippen molar-refractivity contribution in [2.75, 3.05) is 40.9 Å². The number of ether oxygens (including phenoxy) is 2. The number of hydrazine groups is 1. The second kappa shape index (κ2) is 21.2. The fourth-order valence-electron chi connectivity index (χ4n) is 10.7. The van der Waals surface area contributed by atoms with Crippen molar-refractivity contribution in [3.63, 3.8) is 0 Å². The molecular formula is C55H74N8O8S. The zero-order chi connectivity index (χ0) is 52.0. The Bertz CT molecular complexity index is 2710. The minimum Gasteiger partial charge on any atom is -0.508 e. The van der Waals surface area contributed by atoms with E-state index in [4.69, 9.17) is 9.47 Å². The summed E-state index contributed by atoms with van der Waals surface area (Å²) in [5, 5.41) is 16.8. The Hall–Kier alpha value is -5.49. The average Bonchev–Trinajstić information content (AvgIpc) is 4.26. The zero-order valence-corrected chi connectivity index (χ0v) is 44.7. The van der Waals surface area contributed by atoms with Crippen molar-refractivity contribution in [3.8, 4) is 28.1 Å². The van der Waals surface area contributed by atoms with Crippen LogP contribution in [-0.4, -0.2) is 139 Å². The molecular weight excluding hydrogens is 933 g/mol. The van der Waals surface area contributed by atoms with Gasteiger partial charge < -0.3 is 34.3 Å². The normalized spacial score (nSPS) is 22.8. The van der Waals surface area contributed by atoms with E-state index in [1.807, 2.05) is 38.2 Å². The van der Waals surface area contributed by atoms with E-state index < -0.39 is 47.2 Å². The first kappa shape index (κ1) is 52.8.